The van der Waals surface area contributed by atoms with E-state index in [0.717, 1.165) is 44.2 Å². The van der Waals surface area contributed by atoms with Crippen LogP contribution in [0.25, 0.3) is 11.3 Å². The summed E-state index contributed by atoms with van der Waals surface area (Å²) < 4.78 is 0. The predicted molar refractivity (Wildman–Crippen MR) is 132 cm³/mol. The van der Waals surface area contributed by atoms with Crippen LogP contribution in [0.3, 0.4) is 0 Å². The van der Waals surface area contributed by atoms with Gasteiger partial charge in [-0.05, 0) is 71.3 Å². The molecule has 32 heavy (non-hydrogen) atoms. The van der Waals surface area contributed by atoms with Gasteiger partial charge in [-0.2, -0.15) is 0 Å². The molecule has 2 unspecified atom stereocenters. The number of anilines is 1. The molecule has 3 aliphatic rings. The molecule has 1 aromatic carbocycles. The lowest BCUT2D eigenvalue weighted by molar-refractivity contribution is 0.224. The minimum atomic E-state index is 0.214. The van der Waals surface area contributed by atoms with E-state index in [1.807, 2.05) is 0 Å². The number of benzene rings is 1. The Morgan fingerprint density at radius 1 is 0.906 bits per heavy atom. The van der Waals surface area contributed by atoms with Gasteiger partial charge in [0.2, 0.25) is 0 Å². The van der Waals surface area contributed by atoms with Gasteiger partial charge in [-0.1, -0.05) is 45.9 Å². The third kappa shape index (κ3) is 4.20. The van der Waals surface area contributed by atoms with Crippen LogP contribution in [0, 0.1) is 11.8 Å². The number of aliphatic hydroxyl groups excluding tert-OH is 1. The van der Waals surface area contributed by atoms with E-state index in [4.69, 9.17) is 4.98 Å². The molecular formula is C28H39N3O. The van der Waals surface area contributed by atoms with Gasteiger partial charge in [-0.3, -0.25) is 4.90 Å². The second-order valence-electron chi connectivity index (χ2n) is 11.6. The number of pyridine rings is 1. The Morgan fingerprint density at radius 3 is 2.31 bits per heavy atom. The van der Waals surface area contributed by atoms with Crippen LogP contribution >= 0.6 is 0 Å². The summed E-state index contributed by atoms with van der Waals surface area (Å²) in [5.74, 6) is 2.36. The number of aliphatic hydroxyl groups is 1. The maximum Gasteiger partial charge on any atom is 0.129 e. The van der Waals surface area contributed by atoms with Crippen molar-refractivity contribution in [1.29, 1.82) is 0 Å². The zero-order chi connectivity index (χ0) is 22.5. The van der Waals surface area contributed by atoms with Crippen molar-refractivity contribution >= 4 is 5.82 Å². The zero-order valence-electron chi connectivity index (χ0n) is 20.3. The van der Waals surface area contributed by atoms with E-state index in [1.165, 1.54) is 36.0 Å². The van der Waals surface area contributed by atoms with Crippen LogP contribution in [0.4, 0.5) is 5.82 Å². The van der Waals surface area contributed by atoms with Crippen molar-refractivity contribution in [3.05, 3.63) is 47.5 Å². The first-order valence-electron chi connectivity index (χ1n) is 12.5. The summed E-state index contributed by atoms with van der Waals surface area (Å²) in [6, 6.07) is 13.5. The summed E-state index contributed by atoms with van der Waals surface area (Å²) in [5.41, 5.74) is 5.77. The molecule has 172 valence electrons. The maximum absolute atomic E-state index is 9.30. The van der Waals surface area contributed by atoms with Crippen molar-refractivity contribution < 1.29 is 5.11 Å². The standard InChI is InChI=1S/C28H39N3O/c1-27(2)10-11-28(3,4)24-17-20(8-9-23(24)27)25-6-5-7-26(29-25)31-14-12-30(13-15-31)18-21-16-22(21)19-32/h5-9,17,21-22,32H,10-16,18-19H2,1-4H3. The van der Waals surface area contributed by atoms with Crippen LogP contribution in [0.5, 0.6) is 0 Å². The molecule has 2 atom stereocenters. The van der Waals surface area contributed by atoms with Crippen LogP contribution in [0.15, 0.2) is 36.4 Å². The monoisotopic (exact) mass is 433 g/mol. The van der Waals surface area contributed by atoms with Gasteiger partial charge < -0.3 is 10.0 Å². The molecule has 1 N–H and O–H groups in total. The maximum atomic E-state index is 9.30. The summed E-state index contributed by atoms with van der Waals surface area (Å²) in [5, 5.41) is 9.30. The Balaban J connectivity index is 1.32. The third-order valence-electron chi connectivity index (χ3n) is 8.38. The summed E-state index contributed by atoms with van der Waals surface area (Å²) >= 11 is 0. The molecular weight excluding hydrogens is 394 g/mol. The number of hydrogen-bond donors (Lipinski definition) is 1. The molecule has 0 radical (unpaired) electrons. The van der Waals surface area contributed by atoms with Crippen molar-refractivity contribution in [2.24, 2.45) is 11.8 Å². The van der Waals surface area contributed by atoms with Crippen LogP contribution in [-0.4, -0.2) is 54.3 Å². The second kappa shape index (κ2) is 8.14. The van der Waals surface area contributed by atoms with E-state index < -0.39 is 0 Å². The van der Waals surface area contributed by atoms with Crippen molar-refractivity contribution in [2.75, 3.05) is 44.2 Å². The Kier molecular flexibility index (Phi) is 5.58. The molecule has 2 aliphatic carbocycles. The highest BCUT2D eigenvalue weighted by Gasteiger charge is 2.38. The average Bonchev–Trinajstić information content (AvgIpc) is 3.55. The minimum Gasteiger partial charge on any atom is -0.396 e. The number of aromatic nitrogens is 1. The van der Waals surface area contributed by atoms with Gasteiger partial charge in [0, 0.05) is 44.9 Å². The van der Waals surface area contributed by atoms with E-state index in [-0.39, 0.29) is 10.8 Å². The van der Waals surface area contributed by atoms with E-state index in [0.29, 0.717) is 18.4 Å². The normalized spacial score (nSPS) is 26.6. The summed E-state index contributed by atoms with van der Waals surface area (Å²) in [6.45, 7) is 15.3. The van der Waals surface area contributed by atoms with Gasteiger partial charge in [-0.15, -0.1) is 0 Å². The molecule has 2 fully saturated rings. The highest BCUT2D eigenvalue weighted by atomic mass is 16.3. The summed E-state index contributed by atoms with van der Waals surface area (Å²) in [4.78, 5) is 10.1. The van der Waals surface area contributed by atoms with Crippen LogP contribution in [0.1, 0.15) is 58.1 Å². The first-order valence-corrected chi connectivity index (χ1v) is 12.5. The fourth-order valence-corrected chi connectivity index (χ4v) is 5.76. The van der Waals surface area contributed by atoms with E-state index in [1.54, 1.807) is 0 Å². The fourth-order valence-electron chi connectivity index (χ4n) is 5.76. The zero-order valence-corrected chi connectivity index (χ0v) is 20.3. The lowest BCUT2D eigenvalue weighted by Gasteiger charge is -2.42. The lowest BCUT2D eigenvalue weighted by Crippen LogP contribution is -2.47. The molecule has 5 rings (SSSR count). The van der Waals surface area contributed by atoms with Gasteiger partial charge >= 0.3 is 0 Å². The number of rotatable bonds is 5. The average molecular weight is 434 g/mol. The van der Waals surface area contributed by atoms with Gasteiger partial charge in [0.05, 0.1) is 5.69 Å². The minimum absolute atomic E-state index is 0.214. The van der Waals surface area contributed by atoms with Gasteiger partial charge in [0.15, 0.2) is 0 Å². The van der Waals surface area contributed by atoms with E-state index in [2.05, 4.69) is 73.9 Å². The molecule has 0 spiro atoms. The first-order chi connectivity index (χ1) is 15.3. The molecule has 4 nitrogen and oxygen atoms in total. The summed E-state index contributed by atoms with van der Waals surface area (Å²) in [6.07, 6.45) is 3.68. The Labute approximate surface area is 193 Å². The summed E-state index contributed by atoms with van der Waals surface area (Å²) in [7, 11) is 0. The van der Waals surface area contributed by atoms with Gasteiger partial charge in [0.1, 0.15) is 5.82 Å². The fraction of sp³-hybridized carbons (Fsp3) is 0.607. The topological polar surface area (TPSA) is 39.6 Å². The number of piperazine rings is 1. The SMILES string of the molecule is CC1(C)CCC(C)(C)c2cc(-c3cccc(N4CCN(CC5CC5CO)CC4)n3)ccc21. The molecule has 2 heterocycles. The van der Waals surface area contributed by atoms with Crippen molar-refractivity contribution in [3.63, 3.8) is 0 Å². The molecule has 4 heteroatoms. The molecule has 1 saturated carbocycles. The molecule has 1 aromatic heterocycles. The Morgan fingerprint density at radius 2 is 1.62 bits per heavy atom. The molecule has 2 aromatic rings. The first kappa shape index (κ1) is 21.9. The Bertz CT molecular complexity index is 974. The highest BCUT2D eigenvalue weighted by molar-refractivity contribution is 5.65. The predicted octanol–water partition coefficient (Wildman–Crippen LogP) is 4.85. The quantitative estimate of drug-likeness (QED) is 0.732. The number of fused-ring (bicyclic) bond motifs is 1. The highest BCUT2D eigenvalue weighted by Crippen LogP contribution is 2.46. The van der Waals surface area contributed by atoms with Crippen LogP contribution in [0.2, 0.25) is 0 Å². The molecule has 1 saturated heterocycles. The number of hydrogen-bond acceptors (Lipinski definition) is 4. The lowest BCUT2D eigenvalue weighted by atomic mass is 9.63. The largest absolute Gasteiger partial charge is 0.396 e. The van der Waals surface area contributed by atoms with E-state index >= 15 is 0 Å². The molecule has 0 amide bonds. The second-order valence-corrected chi connectivity index (χ2v) is 11.6. The van der Waals surface area contributed by atoms with Crippen molar-refractivity contribution in [1.82, 2.24) is 9.88 Å². The van der Waals surface area contributed by atoms with Gasteiger partial charge in [0.25, 0.3) is 0 Å². The third-order valence-corrected chi connectivity index (χ3v) is 8.38. The Hall–Kier alpha value is -1.91. The van der Waals surface area contributed by atoms with Crippen molar-refractivity contribution in [2.45, 2.75) is 57.8 Å². The molecule has 0 bridgehead atoms. The van der Waals surface area contributed by atoms with Crippen LogP contribution in [-0.2, 0) is 10.8 Å². The number of nitrogens with zero attached hydrogens (tertiary/aromatic N) is 3. The van der Waals surface area contributed by atoms with Crippen LogP contribution < -0.4 is 4.90 Å². The smallest absolute Gasteiger partial charge is 0.129 e. The van der Waals surface area contributed by atoms with Crippen molar-refractivity contribution in [3.8, 4) is 11.3 Å². The molecule has 1 aliphatic heterocycles. The van der Waals surface area contributed by atoms with Gasteiger partial charge in [-0.25, -0.2) is 4.98 Å². The van der Waals surface area contributed by atoms with E-state index in [9.17, 15) is 5.11 Å².